The molecule has 122 valence electrons. The number of thiophene rings is 1. The Morgan fingerprint density at radius 1 is 1.17 bits per heavy atom. The number of rotatable bonds is 7. The lowest BCUT2D eigenvalue weighted by Gasteiger charge is -2.07. The molecule has 3 amide bonds. The molecule has 2 aromatic heterocycles. The van der Waals surface area contributed by atoms with E-state index in [0.717, 1.165) is 12.0 Å². The van der Waals surface area contributed by atoms with Gasteiger partial charge in [0, 0.05) is 30.6 Å². The standard InChI is InChI=1S/C16H20N4O2S/c1-12-4-5-14(19-11-12)20-15(21)7-9-18-16(22)17-8-6-13-3-2-10-23-13/h2-5,10-11H,6-9H2,1H3,(H2,17,18,22)(H,19,20,21). The SMILES string of the molecule is Cc1ccc(NC(=O)CCNC(=O)NCCc2cccs2)nc1. The number of amides is 3. The summed E-state index contributed by atoms with van der Waals surface area (Å²) >= 11 is 1.67. The molecule has 0 spiro atoms. The molecule has 0 aliphatic carbocycles. The van der Waals surface area contributed by atoms with Crippen LogP contribution >= 0.6 is 11.3 Å². The maximum Gasteiger partial charge on any atom is 0.314 e. The van der Waals surface area contributed by atoms with Gasteiger partial charge in [-0.05, 0) is 36.4 Å². The number of pyridine rings is 1. The van der Waals surface area contributed by atoms with Crippen molar-refractivity contribution in [1.82, 2.24) is 15.6 Å². The third-order valence-electron chi connectivity index (χ3n) is 3.05. The first-order valence-corrected chi connectivity index (χ1v) is 8.28. The molecule has 2 heterocycles. The summed E-state index contributed by atoms with van der Waals surface area (Å²) in [6.07, 6.45) is 2.70. The van der Waals surface area contributed by atoms with E-state index in [4.69, 9.17) is 0 Å². The quantitative estimate of drug-likeness (QED) is 0.727. The summed E-state index contributed by atoms with van der Waals surface area (Å²) in [5, 5.41) is 10.1. The molecule has 0 atom stereocenters. The number of anilines is 1. The number of nitrogens with one attached hydrogen (secondary N) is 3. The number of aryl methyl sites for hydroxylation is 1. The first kappa shape index (κ1) is 17.0. The van der Waals surface area contributed by atoms with Gasteiger partial charge in [-0.25, -0.2) is 9.78 Å². The summed E-state index contributed by atoms with van der Waals surface area (Å²) in [6.45, 7) is 2.79. The third-order valence-corrected chi connectivity index (χ3v) is 3.99. The fourth-order valence-corrected chi connectivity index (χ4v) is 2.56. The van der Waals surface area contributed by atoms with Crippen molar-refractivity contribution in [2.24, 2.45) is 0 Å². The van der Waals surface area contributed by atoms with Crippen molar-refractivity contribution in [3.8, 4) is 0 Å². The van der Waals surface area contributed by atoms with E-state index in [0.29, 0.717) is 12.4 Å². The minimum atomic E-state index is -0.261. The molecule has 0 saturated carbocycles. The molecule has 0 bridgehead atoms. The highest BCUT2D eigenvalue weighted by atomic mass is 32.1. The number of hydrogen-bond donors (Lipinski definition) is 3. The lowest BCUT2D eigenvalue weighted by Crippen LogP contribution is -2.38. The van der Waals surface area contributed by atoms with Crippen LogP contribution in [0.3, 0.4) is 0 Å². The molecule has 7 heteroatoms. The zero-order valence-electron chi connectivity index (χ0n) is 13.0. The number of hydrogen-bond acceptors (Lipinski definition) is 4. The van der Waals surface area contributed by atoms with Crippen molar-refractivity contribution >= 4 is 29.1 Å². The lowest BCUT2D eigenvalue weighted by atomic mass is 10.3. The molecule has 0 radical (unpaired) electrons. The van der Waals surface area contributed by atoms with E-state index in [1.165, 1.54) is 4.88 Å². The van der Waals surface area contributed by atoms with E-state index < -0.39 is 0 Å². The molecule has 0 aliphatic rings. The molecule has 2 rings (SSSR count). The topological polar surface area (TPSA) is 83.1 Å². The second-order valence-corrected chi connectivity index (χ2v) is 6.06. The predicted octanol–water partition coefficient (Wildman–Crippen LogP) is 2.32. The normalized spacial score (nSPS) is 10.1. The third kappa shape index (κ3) is 6.48. The van der Waals surface area contributed by atoms with Gasteiger partial charge in [0.15, 0.2) is 0 Å². The van der Waals surface area contributed by atoms with Crippen LogP contribution in [0.25, 0.3) is 0 Å². The average molecular weight is 332 g/mol. The first-order chi connectivity index (χ1) is 11.1. The van der Waals surface area contributed by atoms with Crippen LogP contribution < -0.4 is 16.0 Å². The number of carbonyl (C=O) groups excluding carboxylic acids is 2. The Balaban J connectivity index is 1.57. The molecule has 0 fully saturated rings. The molecular formula is C16H20N4O2S. The molecule has 0 aromatic carbocycles. The molecule has 0 unspecified atom stereocenters. The Morgan fingerprint density at radius 3 is 2.70 bits per heavy atom. The number of carbonyl (C=O) groups is 2. The number of aromatic nitrogens is 1. The van der Waals surface area contributed by atoms with Crippen molar-refractivity contribution in [1.29, 1.82) is 0 Å². The van der Waals surface area contributed by atoms with Crippen LogP contribution in [-0.4, -0.2) is 30.0 Å². The zero-order valence-corrected chi connectivity index (χ0v) is 13.8. The van der Waals surface area contributed by atoms with Crippen molar-refractivity contribution < 1.29 is 9.59 Å². The van der Waals surface area contributed by atoms with E-state index in [9.17, 15) is 9.59 Å². The molecule has 6 nitrogen and oxygen atoms in total. The fourth-order valence-electron chi connectivity index (χ4n) is 1.85. The van der Waals surface area contributed by atoms with E-state index >= 15 is 0 Å². The van der Waals surface area contributed by atoms with Gasteiger partial charge in [-0.3, -0.25) is 4.79 Å². The maximum absolute atomic E-state index is 11.7. The molecule has 0 aliphatic heterocycles. The van der Waals surface area contributed by atoms with Gasteiger partial charge in [0.2, 0.25) is 5.91 Å². The van der Waals surface area contributed by atoms with Crippen LogP contribution in [0.4, 0.5) is 10.6 Å². The number of urea groups is 1. The summed E-state index contributed by atoms with van der Waals surface area (Å²) in [5.74, 6) is 0.334. The largest absolute Gasteiger partial charge is 0.338 e. The Bertz CT molecular complexity index is 626. The van der Waals surface area contributed by atoms with Crippen LogP contribution in [0.15, 0.2) is 35.8 Å². The Labute approximate surface area is 139 Å². The van der Waals surface area contributed by atoms with Gasteiger partial charge in [-0.15, -0.1) is 11.3 Å². The van der Waals surface area contributed by atoms with E-state index in [2.05, 4.69) is 20.9 Å². The van der Waals surface area contributed by atoms with Gasteiger partial charge in [-0.2, -0.15) is 0 Å². The van der Waals surface area contributed by atoms with E-state index in [1.54, 1.807) is 23.6 Å². The highest BCUT2D eigenvalue weighted by Gasteiger charge is 2.05. The summed E-state index contributed by atoms with van der Waals surface area (Å²) in [5.41, 5.74) is 1.03. The Morgan fingerprint density at radius 2 is 2.00 bits per heavy atom. The molecule has 0 saturated heterocycles. The molecular weight excluding hydrogens is 312 g/mol. The highest BCUT2D eigenvalue weighted by molar-refractivity contribution is 7.09. The van der Waals surface area contributed by atoms with Crippen molar-refractivity contribution in [2.45, 2.75) is 19.8 Å². The van der Waals surface area contributed by atoms with Gasteiger partial charge in [-0.1, -0.05) is 12.1 Å². The summed E-state index contributed by atoms with van der Waals surface area (Å²) in [6, 6.07) is 7.39. The fraction of sp³-hybridized carbons (Fsp3) is 0.312. The highest BCUT2D eigenvalue weighted by Crippen LogP contribution is 2.08. The second kappa shape index (κ2) is 8.89. The summed E-state index contributed by atoms with van der Waals surface area (Å²) in [7, 11) is 0. The van der Waals surface area contributed by atoms with E-state index in [-0.39, 0.29) is 24.9 Å². The Kier molecular flexibility index (Phi) is 6.56. The monoisotopic (exact) mass is 332 g/mol. The van der Waals surface area contributed by atoms with Crippen LogP contribution in [0.2, 0.25) is 0 Å². The van der Waals surface area contributed by atoms with Crippen LogP contribution in [0.5, 0.6) is 0 Å². The van der Waals surface area contributed by atoms with Crippen molar-refractivity contribution in [3.05, 3.63) is 46.3 Å². The van der Waals surface area contributed by atoms with Crippen LogP contribution in [-0.2, 0) is 11.2 Å². The molecule has 2 aromatic rings. The van der Waals surface area contributed by atoms with Gasteiger partial charge in [0.25, 0.3) is 0 Å². The second-order valence-electron chi connectivity index (χ2n) is 5.03. The van der Waals surface area contributed by atoms with Crippen LogP contribution in [0, 0.1) is 6.92 Å². The maximum atomic E-state index is 11.7. The van der Waals surface area contributed by atoms with Crippen molar-refractivity contribution in [3.63, 3.8) is 0 Å². The van der Waals surface area contributed by atoms with Gasteiger partial charge in [0.1, 0.15) is 5.82 Å². The van der Waals surface area contributed by atoms with Crippen molar-refractivity contribution in [2.75, 3.05) is 18.4 Å². The van der Waals surface area contributed by atoms with Gasteiger partial charge in [0.05, 0.1) is 0 Å². The summed E-state index contributed by atoms with van der Waals surface area (Å²) < 4.78 is 0. The van der Waals surface area contributed by atoms with Crippen LogP contribution in [0.1, 0.15) is 16.9 Å². The lowest BCUT2D eigenvalue weighted by molar-refractivity contribution is -0.116. The predicted molar refractivity (Wildman–Crippen MR) is 91.6 cm³/mol. The minimum absolute atomic E-state index is 0.180. The average Bonchev–Trinajstić information content (AvgIpc) is 3.03. The summed E-state index contributed by atoms with van der Waals surface area (Å²) in [4.78, 5) is 28.6. The van der Waals surface area contributed by atoms with E-state index in [1.807, 2.05) is 30.5 Å². The molecule has 3 N–H and O–H groups in total. The molecule has 23 heavy (non-hydrogen) atoms. The Hall–Kier alpha value is -2.41. The smallest absolute Gasteiger partial charge is 0.314 e. The number of nitrogens with zero attached hydrogens (tertiary/aromatic N) is 1. The minimum Gasteiger partial charge on any atom is -0.338 e. The van der Waals surface area contributed by atoms with Gasteiger partial charge < -0.3 is 16.0 Å². The zero-order chi connectivity index (χ0) is 16.5. The van der Waals surface area contributed by atoms with Gasteiger partial charge >= 0.3 is 6.03 Å². The first-order valence-electron chi connectivity index (χ1n) is 7.40.